The number of fused-ring (bicyclic) bond motifs is 2. The second-order valence-corrected chi connectivity index (χ2v) is 8.72. The maximum absolute atomic E-state index is 9.53. The quantitative estimate of drug-likeness (QED) is 0.546. The van der Waals surface area contributed by atoms with Gasteiger partial charge in [-0.3, -0.25) is 0 Å². The van der Waals surface area contributed by atoms with Gasteiger partial charge in [-0.1, -0.05) is 55.5 Å². The van der Waals surface area contributed by atoms with Crippen LogP contribution in [0.15, 0.2) is 48.6 Å². The third-order valence-electron chi connectivity index (χ3n) is 7.71. The van der Waals surface area contributed by atoms with Gasteiger partial charge in [-0.2, -0.15) is 0 Å². The van der Waals surface area contributed by atoms with Crippen molar-refractivity contribution < 1.29 is 56.1 Å². The molecule has 2 saturated carbocycles. The molecule has 1 nitrogen and oxygen atoms in total. The van der Waals surface area contributed by atoms with Gasteiger partial charge < -0.3 is 29.9 Å². The molecule has 2 fully saturated rings. The van der Waals surface area contributed by atoms with Crippen LogP contribution in [0.2, 0.25) is 0 Å². The molecule has 6 atom stereocenters. The number of allylic oxidation sites excluding steroid dienone is 8. The molecule has 0 saturated heterocycles. The van der Waals surface area contributed by atoms with Crippen molar-refractivity contribution in [2.24, 2.45) is 40.9 Å². The number of halogens is 2. The van der Waals surface area contributed by atoms with Crippen LogP contribution in [0.5, 0.6) is 0 Å². The Balaban J connectivity index is 0.00000121. The molecule has 0 aromatic carbocycles. The van der Waals surface area contributed by atoms with Crippen molar-refractivity contribution in [1.82, 2.24) is 0 Å². The Morgan fingerprint density at radius 1 is 0.778 bits per heavy atom. The fraction of sp³-hybridized carbons (Fsp3) is 0.652. The van der Waals surface area contributed by atoms with Crippen molar-refractivity contribution in [3.8, 4) is 0 Å². The van der Waals surface area contributed by atoms with Crippen molar-refractivity contribution in [1.29, 1.82) is 0 Å². The van der Waals surface area contributed by atoms with Gasteiger partial charge >= 0.3 is 26.2 Å². The van der Waals surface area contributed by atoms with Crippen LogP contribution >= 0.6 is 0 Å². The van der Waals surface area contributed by atoms with Crippen molar-refractivity contribution >= 4 is 0 Å². The van der Waals surface area contributed by atoms with Gasteiger partial charge in [0.1, 0.15) is 0 Å². The summed E-state index contributed by atoms with van der Waals surface area (Å²) >= 11 is 0. The molecule has 4 aliphatic rings. The zero-order chi connectivity index (χ0) is 16.6. The predicted octanol–water partition coefficient (Wildman–Crippen LogP) is -0.692. The fourth-order valence-electron chi connectivity index (χ4n) is 6.56. The minimum absolute atomic E-state index is 0. The van der Waals surface area contributed by atoms with E-state index >= 15 is 0 Å². The minimum atomic E-state index is 0. The summed E-state index contributed by atoms with van der Waals surface area (Å²) in [4.78, 5) is 0. The smallest absolute Gasteiger partial charge is 1.00 e. The molecule has 0 aliphatic heterocycles. The summed E-state index contributed by atoms with van der Waals surface area (Å²) in [6, 6.07) is 0. The first-order valence-electron chi connectivity index (χ1n) is 10.0. The molecule has 4 aliphatic carbocycles. The zero-order valence-electron chi connectivity index (χ0n) is 16.2. The summed E-state index contributed by atoms with van der Waals surface area (Å²) in [5, 5.41) is 9.53. The van der Waals surface area contributed by atoms with Gasteiger partial charge in [0.2, 0.25) is 0 Å². The molecule has 0 spiro atoms. The Morgan fingerprint density at radius 2 is 1.22 bits per heavy atom. The second kappa shape index (κ2) is 11.0. The van der Waals surface area contributed by atoms with E-state index in [0.717, 1.165) is 41.9 Å². The van der Waals surface area contributed by atoms with E-state index in [4.69, 9.17) is 0 Å². The van der Waals surface area contributed by atoms with Gasteiger partial charge in [-0.25, -0.2) is 0 Å². The SMILES string of the molecule is CC(CCCO)(C1CCC2C=CC=CC21)C1CCC2C=CC=CC21.[Cl-].[Cl-].[Zr+2]. The summed E-state index contributed by atoms with van der Waals surface area (Å²) in [6.07, 6.45) is 26.4. The standard InChI is InChI=1S/C23H32O.2ClH.Zr/c1-23(15-6-16-24,21-13-11-17-7-2-4-9-19(17)21)22-14-12-18-8-3-5-10-20(18)22;;;/h2-5,7-10,17-22,24H,6,11-16H2,1H3;2*1H;/q;;;+2/p-2. The van der Waals surface area contributed by atoms with Gasteiger partial charge in [-0.15, -0.1) is 0 Å². The average molecular weight is 487 g/mol. The van der Waals surface area contributed by atoms with E-state index in [-0.39, 0.29) is 51.0 Å². The third-order valence-corrected chi connectivity index (χ3v) is 7.71. The molecular formula is C23H32Cl2OZr. The predicted molar refractivity (Wildman–Crippen MR) is 100 cm³/mol. The molecule has 4 rings (SSSR count). The van der Waals surface area contributed by atoms with Gasteiger partial charge in [0.15, 0.2) is 0 Å². The van der Waals surface area contributed by atoms with Gasteiger partial charge in [0.05, 0.1) is 0 Å². The van der Waals surface area contributed by atoms with Crippen LogP contribution in [0, 0.1) is 40.9 Å². The topological polar surface area (TPSA) is 20.2 Å². The molecule has 0 aromatic heterocycles. The Hall–Kier alpha value is 0.383. The number of rotatable bonds is 5. The average Bonchev–Trinajstić information content (AvgIpc) is 3.24. The molecule has 0 heterocycles. The molecule has 148 valence electrons. The van der Waals surface area contributed by atoms with Crippen LogP contribution < -0.4 is 24.8 Å². The molecule has 6 unspecified atom stereocenters. The van der Waals surface area contributed by atoms with Crippen molar-refractivity contribution in [2.45, 2.75) is 45.4 Å². The van der Waals surface area contributed by atoms with E-state index in [2.05, 4.69) is 55.5 Å². The van der Waals surface area contributed by atoms with Crippen molar-refractivity contribution in [3.63, 3.8) is 0 Å². The molecule has 0 radical (unpaired) electrons. The summed E-state index contributed by atoms with van der Waals surface area (Å²) in [5.74, 6) is 4.51. The number of hydrogen-bond donors (Lipinski definition) is 1. The summed E-state index contributed by atoms with van der Waals surface area (Å²) < 4.78 is 0. The van der Waals surface area contributed by atoms with Gasteiger partial charge in [0.25, 0.3) is 0 Å². The minimum Gasteiger partial charge on any atom is -1.00 e. The number of hydrogen-bond acceptors (Lipinski definition) is 1. The van der Waals surface area contributed by atoms with E-state index < -0.39 is 0 Å². The van der Waals surface area contributed by atoms with E-state index in [1.165, 1.54) is 32.1 Å². The van der Waals surface area contributed by atoms with E-state index in [0.29, 0.717) is 12.0 Å². The summed E-state index contributed by atoms with van der Waals surface area (Å²) in [5.41, 5.74) is 0.354. The monoisotopic (exact) mass is 484 g/mol. The number of aliphatic hydroxyl groups is 1. The Kier molecular flexibility index (Phi) is 10.3. The maximum atomic E-state index is 9.53. The van der Waals surface area contributed by atoms with Crippen LogP contribution in [0.1, 0.15) is 45.4 Å². The van der Waals surface area contributed by atoms with E-state index in [1.54, 1.807) is 0 Å². The maximum Gasteiger partial charge on any atom is 2.00 e. The Morgan fingerprint density at radius 3 is 1.67 bits per heavy atom. The van der Waals surface area contributed by atoms with Crippen LogP contribution in [0.4, 0.5) is 0 Å². The fourth-order valence-corrected chi connectivity index (χ4v) is 6.56. The van der Waals surface area contributed by atoms with E-state index in [9.17, 15) is 5.11 Å². The van der Waals surface area contributed by atoms with Crippen molar-refractivity contribution in [3.05, 3.63) is 48.6 Å². The molecule has 4 heteroatoms. The molecular weight excluding hydrogens is 454 g/mol. The van der Waals surface area contributed by atoms with Crippen LogP contribution in [0.25, 0.3) is 0 Å². The zero-order valence-corrected chi connectivity index (χ0v) is 20.2. The van der Waals surface area contributed by atoms with Crippen molar-refractivity contribution in [2.75, 3.05) is 6.61 Å². The summed E-state index contributed by atoms with van der Waals surface area (Å²) in [7, 11) is 0. The van der Waals surface area contributed by atoms with Crippen LogP contribution in [-0.4, -0.2) is 11.7 Å². The third kappa shape index (κ3) is 4.76. The summed E-state index contributed by atoms with van der Waals surface area (Å²) in [6.45, 7) is 2.91. The first-order valence-corrected chi connectivity index (χ1v) is 10.0. The Labute approximate surface area is 196 Å². The van der Waals surface area contributed by atoms with Crippen LogP contribution in [0.3, 0.4) is 0 Å². The first-order chi connectivity index (χ1) is 11.7. The van der Waals surface area contributed by atoms with Crippen LogP contribution in [-0.2, 0) is 26.2 Å². The Bertz CT molecular complexity index is 539. The molecule has 0 bridgehead atoms. The number of aliphatic hydroxyl groups excluding tert-OH is 1. The second-order valence-electron chi connectivity index (χ2n) is 8.72. The largest absolute Gasteiger partial charge is 2.00 e. The first kappa shape index (κ1) is 25.4. The normalized spacial score (nSPS) is 37.4. The molecule has 27 heavy (non-hydrogen) atoms. The molecule has 0 aromatic rings. The van der Waals surface area contributed by atoms with E-state index in [1.807, 2.05) is 0 Å². The van der Waals surface area contributed by atoms with Gasteiger partial charge in [0, 0.05) is 6.61 Å². The van der Waals surface area contributed by atoms with Gasteiger partial charge in [-0.05, 0) is 79.4 Å². The molecule has 1 N–H and O–H groups in total. The molecule has 0 amide bonds.